The van der Waals surface area contributed by atoms with Gasteiger partial charge in [0.2, 0.25) is 5.91 Å². The van der Waals surface area contributed by atoms with E-state index in [-0.39, 0.29) is 38.2 Å². The average molecular weight is 646 g/mol. The zero-order chi connectivity index (χ0) is 29.6. The summed E-state index contributed by atoms with van der Waals surface area (Å²) in [6.07, 6.45) is 3.43. The average Bonchev–Trinajstić information content (AvgIpc) is 3.42. The van der Waals surface area contributed by atoms with E-state index in [0.29, 0.717) is 36.9 Å². The van der Waals surface area contributed by atoms with Crippen LogP contribution in [0.2, 0.25) is 10.0 Å². The van der Waals surface area contributed by atoms with Crippen molar-refractivity contribution in [2.75, 3.05) is 6.54 Å². The number of carbonyl (C=O) groups is 1. The van der Waals surface area contributed by atoms with Crippen molar-refractivity contribution < 1.29 is 52.2 Å². The Morgan fingerprint density at radius 3 is 2.08 bits per heavy atom. The van der Waals surface area contributed by atoms with Crippen molar-refractivity contribution in [2.45, 2.75) is 56.1 Å². The number of aromatic nitrogens is 2. The van der Waals surface area contributed by atoms with E-state index in [4.69, 9.17) is 23.2 Å². The third-order valence-electron chi connectivity index (χ3n) is 5.91. The van der Waals surface area contributed by atoms with Gasteiger partial charge in [-0.15, -0.1) is 0 Å². The van der Waals surface area contributed by atoms with Gasteiger partial charge in [0, 0.05) is 47.6 Å². The third kappa shape index (κ3) is 6.57. The van der Waals surface area contributed by atoms with Gasteiger partial charge in [0.15, 0.2) is 0 Å². The molecule has 2 aliphatic rings. The Balaban J connectivity index is 0.000000224. The van der Waals surface area contributed by atoms with E-state index in [9.17, 15) is 48.0 Å². The van der Waals surface area contributed by atoms with Gasteiger partial charge in [-0.2, -0.15) is 52.4 Å². The SMILES string of the molecule is Cc1c(Cl)cc(OS(=O)(=O)C(F)(F)F)cc1Cl.O=C1CCCN1C1CCc2cnn(S(=O)(=O)C(F)(F)F)c2C1. The summed E-state index contributed by atoms with van der Waals surface area (Å²) in [5.41, 5.74) is -9.96. The van der Waals surface area contributed by atoms with E-state index >= 15 is 0 Å². The molecule has 218 valence electrons. The minimum Gasteiger partial charge on any atom is -0.376 e. The molecule has 1 saturated heterocycles. The zero-order valence-corrected chi connectivity index (χ0v) is 22.8. The van der Waals surface area contributed by atoms with Crippen molar-refractivity contribution in [1.82, 2.24) is 14.1 Å². The number of rotatable bonds is 4. The second kappa shape index (κ2) is 11.0. The predicted molar refractivity (Wildman–Crippen MR) is 126 cm³/mol. The maximum absolute atomic E-state index is 12.7. The molecule has 1 aliphatic carbocycles. The predicted octanol–water partition coefficient (Wildman–Crippen LogP) is 4.59. The van der Waals surface area contributed by atoms with E-state index in [1.807, 2.05) is 0 Å². The number of hydrogen-bond donors (Lipinski definition) is 0. The van der Waals surface area contributed by atoms with Crippen LogP contribution in [-0.4, -0.2) is 60.4 Å². The van der Waals surface area contributed by atoms with Crippen LogP contribution in [0, 0.1) is 6.92 Å². The summed E-state index contributed by atoms with van der Waals surface area (Å²) >= 11 is 11.2. The van der Waals surface area contributed by atoms with E-state index < -0.39 is 36.9 Å². The summed E-state index contributed by atoms with van der Waals surface area (Å²) in [6, 6.07) is 1.61. The molecule has 39 heavy (non-hydrogen) atoms. The van der Waals surface area contributed by atoms with Gasteiger partial charge < -0.3 is 9.08 Å². The van der Waals surface area contributed by atoms with Gasteiger partial charge in [-0.3, -0.25) is 4.79 Å². The molecule has 1 atom stereocenters. The normalized spacial score (nSPS) is 18.4. The Morgan fingerprint density at radius 1 is 1.00 bits per heavy atom. The number of fused-ring (bicyclic) bond motifs is 1. The van der Waals surface area contributed by atoms with Gasteiger partial charge in [-0.25, -0.2) is 0 Å². The van der Waals surface area contributed by atoms with E-state index in [0.717, 1.165) is 18.6 Å². The van der Waals surface area contributed by atoms with Crippen LogP contribution in [0.25, 0.3) is 0 Å². The molecule has 2 aromatic rings. The number of carbonyl (C=O) groups excluding carboxylic acids is 1. The summed E-state index contributed by atoms with van der Waals surface area (Å²) < 4.78 is 123. The second-order valence-electron chi connectivity index (χ2n) is 8.49. The first-order chi connectivity index (χ1) is 17.8. The van der Waals surface area contributed by atoms with Crippen molar-refractivity contribution in [3.8, 4) is 5.75 Å². The smallest absolute Gasteiger partial charge is 0.376 e. The fourth-order valence-electron chi connectivity index (χ4n) is 3.93. The van der Waals surface area contributed by atoms with E-state index in [2.05, 4.69) is 9.28 Å². The zero-order valence-electron chi connectivity index (χ0n) is 19.7. The molecule has 2 heterocycles. The molecule has 19 heteroatoms. The maximum atomic E-state index is 12.7. The largest absolute Gasteiger partial charge is 0.534 e. The fourth-order valence-corrected chi connectivity index (χ4v) is 5.69. The van der Waals surface area contributed by atoms with Crippen LogP contribution in [0.1, 0.15) is 36.1 Å². The van der Waals surface area contributed by atoms with Crippen LogP contribution in [0.3, 0.4) is 0 Å². The highest BCUT2D eigenvalue weighted by molar-refractivity contribution is 7.90. The number of aryl methyl sites for hydroxylation is 1. The van der Waals surface area contributed by atoms with Crippen molar-refractivity contribution in [2.24, 2.45) is 0 Å². The van der Waals surface area contributed by atoms with Gasteiger partial charge >= 0.3 is 31.2 Å². The van der Waals surface area contributed by atoms with E-state index in [1.54, 1.807) is 4.90 Å². The topological polar surface area (TPSA) is 116 Å². The van der Waals surface area contributed by atoms with Crippen LogP contribution < -0.4 is 4.18 Å². The van der Waals surface area contributed by atoms with Gasteiger partial charge in [0.05, 0.1) is 11.9 Å². The summed E-state index contributed by atoms with van der Waals surface area (Å²) in [7, 11) is -11.2. The third-order valence-corrected chi connectivity index (χ3v) is 9.03. The first-order valence-corrected chi connectivity index (χ1v) is 14.5. The molecule has 0 saturated carbocycles. The van der Waals surface area contributed by atoms with Crippen LogP contribution in [0.15, 0.2) is 18.3 Å². The minimum absolute atomic E-state index is 0.00451. The monoisotopic (exact) mass is 645 g/mol. The Kier molecular flexibility index (Phi) is 8.80. The van der Waals surface area contributed by atoms with Crippen LogP contribution in [-0.2, 0) is 37.8 Å². The molecule has 1 amide bonds. The molecular weight excluding hydrogens is 627 g/mol. The number of nitrogens with zero attached hydrogens (tertiary/aromatic N) is 3. The molecule has 0 radical (unpaired) electrons. The molecule has 9 nitrogen and oxygen atoms in total. The molecule has 4 rings (SSSR count). The Morgan fingerprint density at radius 2 is 1.59 bits per heavy atom. The fraction of sp³-hybridized carbons (Fsp3) is 0.500. The number of amides is 1. The summed E-state index contributed by atoms with van der Waals surface area (Å²) in [6.45, 7) is 2.09. The van der Waals surface area contributed by atoms with Crippen LogP contribution in [0.4, 0.5) is 26.3 Å². The number of likely N-dealkylation sites (tertiary alicyclic amines) is 1. The number of hydrogen-bond acceptors (Lipinski definition) is 7. The summed E-state index contributed by atoms with van der Waals surface area (Å²) in [5, 5.41) is 3.43. The first-order valence-electron chi connectivity index (χ1n) is 10.9. The van der Waals surface area contributed by atoms with Crippen molar-refractivity contribution in [3.63, 3.8) is 0 Å². The molecular formula is C20H19Cl2F6N3O6S2. The van der Waals surface area contributed by atoms with Gasteiger partial charge in [0.1, 0.15) is 5.75 Å². The molecule has 1 aromatic heterocycles. The molecule has 1 aliphatic heterocycles. The lowest BCUT2D eigenvalue weighted by atomic mass is 9.93. The lowest BCUT2D eigenvalue weighted by molar-refractivity contribution is -0.129. The molecule has 0 bridgehead atoms. The van der Waals surface area contributed by atoms with Crippen molar-refractivity contribution >= 4 is 49.3 Å². The van der Waals surface area contributed by atoms with Gasteiger partial charge in [-0.05, 0) is 37.3 Å². The van der Waals surface area contributed by atoms with Gasteiger partial charge in [-0.1, -0.05) is 23.2 Å². The highest BCUT2D eigenvalue weighted by Gasteiger charge is 2.50. The summed E-state index contributed by atoms with van der Waals surface area (Å²) in [4.78, 5) is 13.4. The first kappa shape index (κ1) is 31.3. The maximum Gasteiger partial charge on any atom is 0.534 e. The molecule has 0 N–H and O–H groups in total. The number of alkyl halides is 6. The lowest BCUT2D eigenvalue weighted by Crippen LogP contribution is -2.41. The molecule has 1 unspecified atom stereocenters. The molecule has 0 spiro atoms. The van der Waals surface area contributed by atoms with Crippen molar-refractivity contribution in [3.05, 3.63) is 45.2 Å². The summed E-state index contributed by atoms with van der Waals surface area (Å²) in [5.74, 6) is -0.624. The van der Waals surface area contributed by atoms with Crippen molar-refractivity contribution in [1.29, 1.82) is 0 Å². The standard InChI is InChI=1S/C12H14F3N3O3S.C8H5Cl2F3O3S/c13-12(14,15)22(20,21)18-10-6-9(4-3-8(10)7-16-18)17-5-1-2-11(17)19;1-4-6(9)2-5(3-7(4)10)16-17(14,15)8(11,12)13/h7,9H,1-6H2;2-3H,1H3. The Bertz CT molecular complexity index is 1450. The van der Waals surface area contributed by atoms with Crippen LogP contribution in [0.5, 0.6) is 5.75 Å². The van der Waals surface area contributed by atoms with Crippen LogP contribution >= 0.6 is 23.2 Å². The van der Waals surface area contributed by atoms with Gasteiger partial charge in [0.25, 0.3) is 0 Å². The number of benzene rings is 1. The quantitative estimate of drug-likeness (QED) is 0.271. The Labute approximate surface area is 228 Å². The highest BCUT2D eigenvalue weighted by Crippen LogP contribution is 2.34. The Hall–Kier alpha value is -2.24. The molecule has 1 aromatic carbocycles. The minimum atomic E-state index is -5.71. The lowest BCUT2D eigenvalue weighted by Gasteiger charge is -2.31. The second-order valence-corrected chi connectivity index (χ2v) is 12.6. The highest BCUT2D eigenvalue weighted by atomic mass is 35.5. The number of halogens is 8. The van der Waals surface area contributed by atoms with E-state index in [1.165, 1.54) is 13.1 Å². The molecule has 1 fully saturated rings.